The fourth-order valence-electron chi connectivity index (χ4n) is 3.22. The van der Waals surface area contributed by atoms with Gasteiger partial charge in [0.15, 0.2) is 0 Å². The highest BCUT2D eigenvalue weighted by Crippen LogP contribution is 2.23. The van der Waals surface area contributed by atoms with E-state index in [-0.39, 0.29) is 5.91 Å². The van der Waals surface area contributed by atoms with E-state index < -0.39 is 0 Å². The van der Waals surface area contributed by atoms with Gasteiger partial charge in [-0.15, -0.1) is 0 Å². The smallest absolute Gasteiger partial charge is 0.253 e. The predicted octanol–water partition coefficient (Wildman–Crippen LogP) is 3.66. The van der Waals surface area contributed by atoms with Crippen LogP contribution in [0.1, 0.15) is 21.5 Å². The number of benzene rings is 2. The lowest BCUT2D eigenvalue weighted by molar-refractivity contribution is 0.0785. The zero-order valence-corrected chi connectivity index (χ0v) is 16.3. The Morgan fingerprint density at radius 2 is 1.81 bits per heavy atom. The van der Waals surface area contributed by atoms with Crippen molar-refractivity contribution in [1.82, 2.24) is 4.90 Å². The molecule has 0 aliphatic carbocycles. The molecular weight excluding hydrogens is 344 g/mol. The van der Waals surface area contributed by atoms with Crippen LogP contribution in [0.5, 0.6) is 0 Å². The van der Waals surface area contributed by atoms with Gasteiger partial charge in [-0.2, -0.15) is 11.8 Å². The van der Waals surface area contributed by atoms with Gasteiger partial charge >= 0.3 is 0 Å². The number of rotatable bonds is 6. The number of nitrogens with zero attached hydrogens (tertiary/aromatic N) is 2. The molecule has 0 spiro atoms. The minimum Gasteiger partial charge on any atom is -0.378 e. The van der Waals surface area contributed by atoms with Crippen molar-refractivity contribution in [3.05, 3.63) is 65.2 Å². The molecule has 0 atom stereocenters. The highest BCUT2D eigenvalue weighted by molar-refractivity contribution is 7.97. The number of hydrogen-bond donors (Lipinski definition) is 0. The highest BCUT2D eigenvalue weighted by atomic mass is 32.2. The van der Waals surface area contributed by atoms with Gasteiger partial charge < -0.3 is 14.5 Å². The predicted molar refractivity (Wildman–Crippen MR) is 109 cm³/mol. The van der Waals surface area contributed by atoms with Gasteiger partial charge in [0.1, 0.15) is 0 Å². The third kappa shape index (κ3) is 4.59. The molecule has 1 aliphatic rings. The summed E-state index contributed by atoms with van der Waals surface area (Å²) in [5.74, 6) is 1.02. The van der Waals surface area contributed by atoms with Crippen LogP contribution in [-0.2, 0) is 17.0 Å². The standard InChI is InChI=1S/C21H26N2O2S/c1-22(21(24)18-9-7-17(8-10-18)16-26-2)15-19-5-3-4-6-20(19)23-11-13-25-14-12-23/h3-10H,11-16H2,1-2H3. The van der Waals surface area contributed by atoms with E-state index in [0.29, 0.717) is 6.54 Å². The first-order valence-electron chi connectivity index (χ1n) is 8.93. The number of anilines is 1. The van der Waals surface area contributed by atoms with E-state index >= 15 is 0 Å². The van der Waals surface area contributed by atoms with Crippen LogP contribution in [0.3, 0.4) is 0 Å². The van der Waals surface area contributed by atoms with Crippen molar-refractivity contribution in [2.75, 3.05) is 44.5 Å². The number of thioether (sulfide) groups is 1. The monoisotopic (exact) mass is 370 g/mol. The van der Waals surface area contributed by atoms with Gasteiger partial charge in [0.2, 0.25) is 0 Å². The second kappa shape index (κ2) is 9.10. The Balaban J connectivity index is 1.71. The zero-order chi connectivity index (χ0) is 18.4. The zero-order valence-electron chi connectivity index (χ0n) is 15.5. The third-order valence-corrected chi connectivity index (χ3v) is 5.23. The molecule has 1 saturated heterocycles. The van der Waals surface area contributed by atoms with Gasteiger partial charge in [0.05, 0.1) is 13.2 Å². The number of morpholine rings is 1. The molecule has 4 nitrogen and oxygen atoms in total. The van der Waals surface area contributed by atoms with Crippen molar-refractivity contribution in [2.45, 2.75) is 12.3 Å². The summed E-state index contributed by atoms with van der Waals surface area (Å²) in [6.45, 7) is 3.90. The van der Waals surface area contributed by atoms with E-state index in [9.17, 15) is 4.79 Å². The fourth-order valence-corrected chi connectivity index (χ4v) is 3.74. The summed E-state index contributed by atoms with van der Waals surface area (Å²) in [7, 11) is 1.87. The summed E-state index contributed by atoms with van der Waals surface area (Å²) in [6.07, 6.45) is 2.08. The van der Waals surface area contributed by atoms with Crippen molar-refractivity contribution >= 4 is 23.4 Å². The number of ether oxygens (including phenoxy) is 1. The Labute approximate surface area is 160 Å². The van der Waals surface area contributed by atoms with E-state index in [0.717, 1.165) is 37.6 Å². The SMILES string of the molecule is CSCc1ccc(C(=O)N(C)Cc2ccccc2N2CCOCC2)cc1. The Morgan fingerprint density at radius 3 is 2.50 bits per heavy atom. The van der Waals surface area contributed by atoms with Crippen LogP contribution >= 0.6 is 11.8 Å². The molecule has 0 radical (unpaired) electrons. The number of amides is 1. The Morgan fingerprint density at radius 1 is 1.12 bits per heavy atom. The van der Waals surface area contributed by atoms with Gasteiger partial charge in [-0.25, -0.2) is 0 Å². The molecule has 2 aromatic carbocycles. The molecule has 1 amide bonds. The van der Waals surface area contributed by atoms with E-state index in [1.54, 1.807) is 16.7 Å². The largest absolute Gasteiger partial charge is 0.378 e. The van der Waals surface area contributed by atoms with Gasteiger partial charge in [-0.05, 0) is 35.6 Å². The number of carbonyl (C=O) groups is 1. The highest BCUT2D eigenvalue weighted by Gasteiger charge is 2.17. The molecule has 0 N–H and O–H groups in total. The summed E-state index contributed by atoms with van der Waals surface area (Å²) in [5.41, 5.74) is 4.35. The van der Waals surface area contributed by atoms with Crippen LogP contribution in [-0.4, -0.2) is 50.4 Å². The third-order valence-electron chi connectivity index (χ3n) is 4.61. The minimum absolute atomic E-state index is 0.0532. The first kappa shape index (κ1) is 18.8. The van der Waals surface area contributed by atoms with Crippen molar-refractivity contribution < 1.29 is 9.53 Å². The molecule has 1 heterocycles. The summed E-state index contributed by atoms with van der Waals surface area (Å²) < 4.78 is 5.46. The van der Waals surface area contributed by atoms with Crippen LogP contribution in [0.25, 0.3) is 0 Å². The summed E-state index contributed by atoms with van der Waals surface area (Å²) in [6, 6.07) is 16.3. The molecule has 5 heteroatoms. The lowest BCUT2D eigenvalue weighted by atomic mass is 10.1. The van der Waals surface area contributed by atoms with Crippen LogP contribution in [0, 0.1) is 0 Å². The van der Waals surface area contributed by atoms with Crippen LogP contribution in [0.15, 0.2) is 48.5 Å². The average molecular weight is 371 g/mol. The topological polar surface area (TPSA) is 32.8 Å². The van der Waals surface area contributed by atoms with E-state index in [1.807, 2.05) is 37.4 Å². The molecule has 0 unspecified atom stereocenters. The second-order valence-corrected chi connectivity index (χ2v) is 7.39. The Kier molecular flexibility index (Phi) is 6.58. The van der Waals surface area contributed by atoms with Gasteiger partial charge in [0.25, 0.3) is 5.91 Å². The quantitative estimate of drug-likeness (QED) is 0.777. The molecular formula is C21H26N2O2S. The van der Waals surface area contributed by atoms with E-state index in [2.05, 4.69) is 29.4 Å². The average Bonchev–Trinajstić information content (AvgIpc) is 2.69. The molecule has 2 aromatic rings. The number of carbonyl (C=O) groups excluding carboxylic acids is 1. The lowest BCUT2D eigenvalue weighted by Gasteiger charge is -2.31. The molecule has 0 bridgehead atoms. The van der Waals surface area contributed by atoms with Gasteiger partial charge in [0, 0.05) is 43.7 Å². The lowest BCUT2D eigenvalue weighted by Crippen LogP contribution is -2.37. The first-order chi connectivity index (χ1) is 12.7. The minimum atomic E-state index is 0.0532. The second-order valence-electron chi connectivity index (χ2n) is 6.52. The molecule has 1 aliphatic heterocycles. The molecule has 1 fully saturated rings. The maximum absolute atomic E-state index is 12.8. The van der Waals surface area contributed by atoms with Crippen LogP contribution < -0.4 is 4.90 Å². The molecule has 26 heavy (non-hydrogen) atoms. The summed E-state index contributed by atoms with van der Waals surface area (Å²) in [5, 5.41) is 0. The molecule has 0 aromatic heterocycles. The van der Waals surface area contributed by atoms with Gasteiger partial charge in [-0.1, -0.05) is 30.3 Å². The maximum Gasteiger partial charge on any atom is 0.253 e. The van der Waals surface area contributed by atoms with Crippen molar-refractivity contribution in [2.24, 2.45) is 0 Å². The number of hydrogen-bond acceptors (Lipinski definition) is 4. The normalized spacial score (nSPS) is 14.3. The van der Waals surface area contributed by atoms with Crippen molar-refractivity contribution in [3.8, 4) is 0 Å². The Bertz CT molecular complexity index is 727. The first-order valence-corrected chi connectivity index (χ1v) is 10.3. The summed E-state index contributed by atoms with van der Waals surface area (Å²) in [4.78, 5) is 16.9. The van der Waals surface area contributed by atoms with Crippen molar-refractivity contribution in [1.29, 1.82) is 0 Å². The van der Waals surface area contributed by atoms with Crippen LogP contribution in [0.2, 0.25) is 0 Å². The van der Waals surface area contributed by atoms with Gasteiger partial charge in [-0.3, -0.25) is 4.79 Å². The Hall–Kier alpha value is -1.98. The molecule has 0 saturated carbocycles. The number of para-hydroxylation sites is 1. The molecule has 138 valence electrons. The van der Waals surface area contributed by atoms with E-state index in [4.69, 9.17) is 4.74 Å². The van der Waals surface area contributed by atoms with E-state index in [1.165, 1.54) is 16.8 Å². The molecule has 3 rings (SSSR count). The summed E-state index contributed by atoms with van der Waals surface area (Å²) >= 11 is 1.78. The maximum atomic E-state index is 12.8. The fraction of sp³-hybridized carbons (Fsp3) is 0.381. The van der Waals surface area contributed by atoms with Crippen LogP contribution in [0.4, 0.5) is 5.69 Å². The van der Waals surface area contributed by atoms with Crippen molar-refractivity contribution in [3.63, 3.8) is 0 Å².